The zero-order valence-electron chi connectivity index (χ0n) is 16.4. The van der Waals surface area contributed by atoms with Crippen molar-refractivity contribution in [3.8, 4) is 0 Å². The van der Waals surface area contributed by atoms with Crippen LogP contribution in [0.1, 0.15) is 20.8 Å². The fourth-order valence-electron chi connectivity index (χ4n) is 2.71. The molecular formula is C19H26BrN3O4S. The van der Waals surface area contributed by atoms with E-state index in [0.717, 1.165) is 10.0 Å². The number of benzene rings is 1. The van der Waals surface area contributed by atoms with E-state index in [-0.39, 0.29) is 17.4 Å². The van der Waals surface area contributed by atoms with Crippen LogP contribution in [0, 0.1) is 5.92 Å². The first-order valence-electron chi connectivity index (χ1n) is 8.65. The zero-order valence-corrected chi connectivity index (χ0v) is 18.9. The number of rotatable bonds is 11. The van der Waals surface area contributed by atoms with Crippen molar-refractivity contribution in [1.82, 2.24) is 0 Å². The van der Waals surface area contributed by atoms with E-state index in [1.165, 1.54) is 26.2 Å². The van der Waals surface area contributed by atoms with Crippen LogP contribution in [0.4, 0.5) is 0 Å². The first-order valence-corrected chi connectivity index (χ1v) is 11.0. The van der Waals surface area contributed by atoms with Crippen LogP contribution < -0.4 is 0 Å². The number of ether oxygens (including phenoxy) is 2. The van der Waals surface area contributed by atoms with E-state index in [0.29, 0.717) is 0 Å². The lowest BCUT2D eigenvalue weighted by atomic mass is 9.97. The molecule has 0 aromatic heterocycles. The molecule has 0 bridgehead atoms. The van der Waals surface area contributed by atoms with E-state index in [4.69, 9.17) is 15.0 Å². The normalized spacial score (nSPS) is 16.5. The molecule has 0 aliphatic carbocycles. The highest BCUT2D eigenvalue weighted by Gasteiger charge is 2.32. The molecule has 0 heterocycles. The minimum atomic E-state index is -3.70. The Morgan fingerprint density at radius 2 is 1.96 bits per heavy atom. The van der Waals surface area contributed by atoms with Crippen LogP contribution in [0.2, 0.25) is 0 Å². The van der Waals surface area contributed by atoms with E-state index < -0.39 is 27.5 Å². The van der Waals surface area contributed by atoms with Crippen molar-refractivity contribution in [2.45, 2.75) is 43.3 Å². The van der Waals surface area contributed by atoms with Gasteiger partial charge in [0.25, 0.3) is 0 Å². The van der Waals surface area contributed by atoms with Gasteiger partial charge in [-0.15, -0.1) is 6.58 Å². The summed E-state index contributed by atoms with van der Waals surface area (Å²) in [7, 11) is -2.18. The number of azide groups is 1. The molecule has 0 aliphatic rings. The van der Waals surface area contributed by atoms with Crippen molar-refractivity contribution in [3.63, 3.8) is 0 Å². The van der Waals surface area contributed by atoms with Crippen molar-refractivity contribution in [2.24, 2.45) is 11.0 Å². The second-order valence-corrected chi connectivity index (χ2v) is 9.51. The molecule has 1 unspecified atom stereocenters. The van der Waals surface area contributed by atoms with Gasteiger partial charge < -0.3 is 9.47 Å². The molecule has 0 spiro atoms. The smallest absolute Gasteiger partial charge is 0.204 e. The fourth-order valence-corrected chi connectivity index (χ4v) is 4.15. The van der Waals surface area contributed by atoms with E-state index in [1.807, 2.05) is 19.9 Å². The average Bonchev–Trinajstić information content (AvgIpc) is 2.66. The minimum Gasteiger partial charge on any atom is -0.375 e. The minimum absolute atomic E-state index is 0.178. The van der Waals surface area contributed by atoms with Gasteiger partial charge in [0.1, 0.15) is 6.10 Å². The second kappa shape index (κ2) is 11.4. The Balaban J connectivity index is 3.13. The van der Waals surface area contributed by atoms with Crippen molar-refractivity contribution in [3.05, 3.63) is 63.5 Å². The maximum absolute atomic E-state index is 12.9. The molecular weight excluding hydrogens is 446 g/mol. The van der Waals surface area contributed by atoms with Crippen LogP contribution in [-0.2, 0) is 19.3 Å². The van der Waals surface area contributed by atoms with Crippen molar-refractivity contribution in [2.75, 3.05) is 13.7 Å². The summed E-state index contributed by atoms with van der Waals surface area (Å²) in [5.41, 5.74) is 8.22. The van der Waals surface area contributed by atoms with Gasteiger partial charge in [-0.2, -0.15) is 0 Å². The van der Waals surface area contributed by atoms with E-state index >= 15 is 0 Å². The molecule has 0 amide bonds. The van der Waals surface area contributed by atoms with Gasteiger partial charge >= 0.3 is 0 Å². The van der Waals surface area contributed by atoms with Crippen LogP contribution >= 0.6 is 15.9 Å². The number of hydrogen-bond donors (Lipinski definition) is 0. The highest BCUT2D eigenvalue weighted by molar-refractivity contribution is 9.10. The monoisotopic (exact) mass is 471 g/mol. The lowest BCUT2D eigenvalue weighted by Gasteiger charge is -2.30. The highest BCUT2D eigenvalue weighted by atomic mass is 79.9. The van der Waals surface area contributed by atoms with Crippen LogP contribution in [0.5, 0.6) is 0 Å². The zero-order chi connectivity index (χ0) is 21.3. The largest absolute Gasteiger partial charge is 0.375 e. The third-order valence-electron chi connectivity index (χ3n) is 4.21. The standard InChI is InChI=1S/C19H26BrN3O4S/c1-6-18(26-5)19(14(3)11-13(2)12-22-23-21)27-15(4)28(24,25)17-9-7-16(20)8-10-17/h6-11,14-15,18-19H,1,12H2,2-5H3/b13-11-/t14-,15?,18+,19+/m1/s1. The number of hydrogen-bond acceptors (Lipinski definition) is 5. The summed E-state index contributed by atoms with van der Waals surface area (Å²) in [6.45, 7) is 9.21. The number of halogens is 1. The summed E-state index contributed by atoms with van der Waals surface area (Å²) in [5, 5.41) is 3.54. The molecule has 1 rings (SSSR count). The molecule has 0 N–H and O–H groups in total. The molecule has 0 radical (unpaired) electrons. The van der Waals surface area contributed by atoms with Crippen LogP contribution in [-0.4, -0.2) is 39.7 Å². The highest BCUT2D eigenvalue weighted by Crippen LogP contribution is 2.25. The van der Waals surface area contributed by atoms with Crippen LogP contribution in [0.15, 0.2) is 63.1 Å². The van der Waals surface area contributed by atoms with E-state index in [1.54, 1.807) is 18.2 Å². The number of nitrogens with zero attached hydrogens (tertiary/aromatic N) is 3. The Morgan fingerprint density at radius 3 is 2.46 bits per heavy atom. The lowest BCUT2D eigenvalue weighted by molar-refractivity contribution is -0.0607. The third-order valence-corrected chi connectivity index (χ3v) is 6.65. The summed E-state index contributed by atoms with van der Waals surface area (Å²) < 4.78 is 38.0. The summed E-state index contributed by atoms with van der Waals surface area (Å²) in [5.74, 6) is -0.209. The predicted octanol–water partition coefficient (Wildman–Crippen LogP) is 5.05. The molecule has 28 heavy (non-hydrogen) atoms. The van der Waals surface area contributed by atoms with Gasteiger partial charge in [0, 0.05) is 29.0 Å². The topological polar surface area (TPSA) is 101 Å². The Labute approximate surface area is 175 Å². The van der Waals surface area contributed by atoms with Gasteiger partial charge in [-0.25, -0.2) is 8.42 Å². The summed E-state index contributed by atoms with van der Waals surface area (Å²) in [4.78, 5) is 2.92. The number of sulfone groups is 1. The van der Waals surface area contributed by atoms with E-state index in [2.05, 4.69) is 32.5 Å². The van der Waals surface area contributed by atoms with Crippen molar-refractivity contribution >= 4 is 25.8 Å². The first kappa shape index (κ1) is 24.4. The molecule has 7 nitrogen and oxygen atoms in total. The number of methoxy groups -OCH3 is 1. The maximum Gasteiger partial charge on any atom is 0.204 e. The maximum atomic E-state index is 12.9. The molecule has 9 heteroatoms. The second-order valence-electron chi connectivity index (χ2n) is 6.36. The van der Waals surface area contributed by atoms with Gasteiger partial charge in [0.2, 0.25) is 9.84 Å². The summed E-state index contributed by atoms with van der Waals surface area (Å²) in [6, 6.07) is 6.40. The van der Waals surface area contributed by atoms with Crippen molar-refractivity contribution < 1.29 is 17.9 Å². The first-order chi connectivity index (χ1) is 13.2. The molecule has 4 atom stereocenters. The van der Waals surface area contributed by atoms with Gasteiger partial charge in [0.15, 0.2) is 5.44 Å². The lowest BCUT2D eigenvalue weighted by Crippen LogP contribution is -2.39. The average molecular weight is 472 g/mol. The molecule has 0 saturated carbocycles. The Kier molecular flexibility index (Phi) is 9.92. The Bertz CT molecular complexity index is 833. The Hall–Kier alpha value is -1.64. The van der Waals surface area contributed by atoms with Crippen LogP contribution in [0.25, 0.3) is 10.4 Å². The third kappa shape index (κ3) is 6.76. The van der Waals surface area contributed by atoms with Gasteiger partial charge in [-0.1, -0.05) is 45.7 Å². The van der Waals surface area contributed by atoms with Crippen molar-refractivity contribution in [1.29, 1.82) is 0 Å². The van der Waals surface area contributed by atoms with E-state index in [9.17, 15) is 8.42 Å². The summed E-state index contributed by atoms with van der Waals surface area (Å²) >= 11 is 3.30. The SMILES string of the molecule is C=C[C@H](OC)[C@@H](OC(C)S(=O)(=O)c1ccc(Br)cc1)[C@H](C)/C=C(/C)CN=[N+]=[N-]. The van der Waals surface area contributed by atoms with Crippen LogP contribution in [0.3, 0.4) is 0 Å². The molecule has 0 fully saturated rings. The van der Waals surface area contributed by atoms with Gasteiger partial charge in [0.05, 0.1) is 11.0 Å². The predicted molar refractivity (Wildman–Crippen MR) is 114 cm³/mol. The molecule has 0 aliphatic heterocycles. The fraction of sp³-hybridized carbons (Fsp3) is 0.474. The molecule has 0 saturated heterocycles. The Morgan fingerprint density at radius 1 is 1.36 bits per heavy atom. The summed E-state index contributed by atoms with van der Waals surface area (Å²) in [6.07, 6.45) is 2.36. The van der Waals surface area contributed by atoms with Gasteiger partial charge in [-0.3, -0.25) is 0 Å². The quantitative estimate of drug-likeness (QED) is 0.195. The molecule has 1 aromatic rings. The molecule has 1 aromatic carbocycles. The molecule has 154 valence electrons. The van der Waals surface area contributed by atoms with Gasteiger partial charge in [-0.05, 0) is 43.6 Å².